The highest BCUT2D eigenvalue weighted by Gasteiger charge is 2.11. The quantitative estimate of drug-likeness (QED) is 0.879. The van der Waals surface area contributed by atoms with E-state index in [1.54, 1.807) is 20.1 Å². The van der Waals surface area contributed by atoms with Crippen molar-refractivity contribution >= 4 is 0 Å². The Morgan fingerprint density at radius 3 is 2.80 bits per heavy atom. The lowest BCUT2D eigenvalue weighted by atomic mass is 10.1. The van der Waals surface area contributed by atoms with Crippen molar-refractivity contribution in [3.8, 4) is 5.75 Å². The van der Waals surface area contributed by atoms with Gasteiger partial charge in [-0.15, -0.1) is 0 Å². The number of aromatic nitrogens is 1. The zero-order valence-corrected chi connectivity index (χ0v) is 11.9. The molecule has 1 N–H and O–H groups in total. The molecule has 2 rings (SSSR count). The average Bonchev–Trinajstić information content (AvgIpc) is 2.84. The molecule has 0 bridgehead atoms. The fourth-order valence-electron chi connectivity index (χ4n) is 1.90. The largest absolute Gasteiger partial charge is 0.487 e. The van der Waals surface area contributed by atoms with Crippen LogP contribution in [0.4, 0.5) is 0 Å². The van der Waals surface area contributed by atoms with E-state index in [2.05, 4.69) is 5.16 Å². The molecule has 0 saturated carbocycles. The Morgan fingerprint density at radius 2 is 2.10 bits per heavy atom. The molecule has 0 amide bonds. The van der Waals surface area contributed by atoms with Crippen molar-refractivity contribution in [1.29, 1.82) is 0 Å². The predicted octanol–water partition coefficient (Wildman–Crippen LogP) is 2.76. The standard InChI is InChI=1S/C15H19NO4/c1-10-4-5-14(11(2)17)15(6-10)19-8-12-7-13(9-18-3)20-16-12/h4-7,11,17H,8-9H2,1-3H3/t11-/m1/s1. The summed E-state index contributed by atoms with van der Waals surface area (Å²) in [6.07, 6.45) is -0.577. The van der Waals surface area contributed by atoms with Crippen LogP contribution in [-0.2, 0) is 18.0 Å². The minimum absolute atomic E-state index is 0.288. The summed E-state index contributed by atoms with van der Waals surface area (Å²) in [5.41, 5.74) is 2.52. The van der Waals surface area contributed by atoms with Crippen molar-refractivity contribution in [2.45, 2.75) is 33.2 Å². The minimum Gasteiger partial charge on any atom is -0.487 e. The number of aliphatic hydroxyl groups is 1. The molecule has 0 aliphatic rings. The van der Waals surface area contributed by atoms with Gasteiger partial charge in [-0.2, -0.15) is 0 Å². The molecule has 0 fully saturated rings. The number of ether oxygens (including phenoxy) is 2. The minimum atomic E-state index is -0.577. The van der Waals surface area contributed by atoms with Gasteiger partial charge in [0, 0.05) is 18.7 Å². The Balaban J connectivity index is 2.07. The Hall–Kier alpha value is -1.85. The molecule has 20 heavy (non-hydrogen) atoms. The van der Waals surface area contributed by atoms with E-state index in [0.717, 1.165) is 11.1 Å². The molecular formula is C15H19NO4. The molecule has 1 heterocycles. The van der Waals surface area contributed by atoms with E-state index in [1.807, 2.05) is 25.1 Å². The highest BCUT2D eigenvalue weighted by Crippen LogP contribution is 2.27. The second-order valence-corrected chi connectivity index (χ2v) is 4.72. The van der Waals surface area contributed by atoms with Gasteiger partial charge >= 0.3 is 0 Å². The Kier molecular flexibility index (Phi) is 4.76. The normalized spacial score (nSPS) is 12.4. The van der Waals surface area contributed by atoms with Crippen LogP contribution in [0.5, 0.6) is 5.75 Å². The maximum atomic E-state index is 9.74. The Bertz CT molecular complexity index is 563. The van der Waals surface area contributed by atoms with E-state index in [9.17, 15) is 5.11 Å². The molecule has 1 aromatic heterocycles. The molecule has 0 radical (unpaired) electrons. The molecular weight excluding hydrogens is 258 g/mol. The van der Waals surface area contributed by atoms with Gasteiger partial charge < -0.3 is 19.1 Å². The third-order valence-electron chi connectivity index (χ3n) is 2.89. The smallest absolute Gasteiger partial charge is 0.162 e. The van der Waals surface area contributed by atoms with E-state index in [-0.39, 0.29) is 6.61 Å². The van der Waals surface area contributed by atoms with Gasteiger partial charge in [0.05, 0.1) is 6.10 Å². The van der Waals surface area contributed by atoms with Crippen LogP contribution in [0.25, 0.3) is 0 Å². The molecule has 108 valence electrons. The number of hydrogen-bond acceptors (Lipinski definition) is 5. The van der Waals surface area contributed by atoms with Crippen molar-refractivity contribution in [1.82, 2.24) is 5.16 Å². The van der Waals surface area contributed by atoms with Crippen molar-refractivity contribution in [2.24, 2.45) is 0 Å². The predicted molar refractivity (Wildman–Crippen MR) is 73.4 cm³/mol. The van der Waals surface area contributed by atoms with Gasteiger partial charge in [0.2, 0.25) is 0 Å². The van der Waals surface area contributed by atoms with Crippen LogP contribution in [-0.4, -0.2) is 17.4 Å². The van der Waals surface area contributed by atoms with Crippen molar-refractivity contribution < 1.29 is 19.1 Å². The van der Waals surface area contributed by atoms with Crippen LogP contribution in [0.15, 0.2) is 28.8 Å². The molecule has 2 aromatic rings. The maximum Gasteiger partial charge on any atom is 0.162 e. The number of nitrogens with zero attached hydrogens (tertiary/aromatic N) is 1. The lowest BCUT2D eigenvalue weighted by Crippen LogP contribution is -2.01. The first-order chi connectivity index (χ1) is 9.60. The molecule has 0 aliphatic carbocycles. The number of hydrogen-bond donors (Lipinski definition) is 1. The summed E-state index contributed by atoms with van der Waals surface area (Å²) >= 11 is 0. The molecule has 0 spiro atoms. The third-order valence-corrected chi connectivity index (χ3v) is 2.89. The van der Waals surface area contributed by atoms with Gasteiger partial charge in [-0.05, 0) is 25.5 Å². The van der Waals surface area contributed by atoms with Gasteiger partial charge in [0.25, 0.3) is 0 Å². The zero-order chi connectivity index (χ0) is 14.5. The van der Waals surface area contributed by atoms with Gasteiger partial charge in [0.15, 0.2) is 5.76 Å². The topological polar surface area (TPSA) is 64.7 Å². The van der Waals surface area contributed by atoms with Crippen LogP contribution in [0.2, 0.25) is 0 Å². The molecule has 5 nitrogen and oxygen atoms in total. The first-order valence-corrected chi connectivity index (χ1v) is 6.45. The highest BCUT2D eigenvalue weighted by atomic mass is 16.5. The van der Waals surface area contributed by atoms with E-state index in [4.69, 9.17) is 14.0 Å². The lowest BCUT2D eigenvalue weighted by Gasteiger charge is -2.13. The summed E-state index contributed by atoms with van der Waals surface area (Å²) in [5, 5.41) is 13.6. The lowest BCUT2D eigenvalue weighted by molar-refractivity contribution is 0.155. The van der Waals surface area contributed by atoms with E-state index in [0.29, 0.717) is 23.8 Å². The van der Waals surface area contributed by atoms with Crippen LogP contribution >= 0.6 is 0 Å². The summed E-state index contributed by atoms with van der Waals surface area (Å²) in [6.45, 7) is 4.36. The summed E-state index contributed by atoms with van der Waals surface area (Å²) in [4.78, 5) is 0. The van der Waals surface area contributed by atoms with Crippen LogP contribution in [0, 0.1) is 6.92 Å². The highest BCUT2D eigenvalue weighted by molar-refractivity contribution is 5.38. The first-order valence-electron chi connectivity index (χ1n) is 6.45. The Labute approximate surface area is 118 Å². The van der Waals surface area contributed by atoms with E-state index < -0.39 is 6.10 Å². The molecule has 1 aromatic carbocycles. The van der Waals surface area contributed by atoms with Gasteiger partial charge in [-0.1, -0.05) is 17.3 Å². The first kappa shape index (κ1) is 14.6. The number of methoxy groups -OCH3 is 1. The molecule has 0 unspecified atom stereocenters. The third kappa shape index (κ3) is 3.59. The van der Waals surface area contributed by atoms with Gasteiger partial charge in [-0.25, -0.2) is 0 Å². The average molecular weight is 277 g/mol. The number of aryl methyl sites for hydroxylation is 1. The van der Waals surface area contributed by atoms with Crippen molar-refractivity contribution in [2.75, 3.05) is 7.11 Å². The number of aliphatic hydroxyl groups excluding tert-OH is 1. The maximum absolute atomic E-state index is 9.74. The zero-order valence-electron chi connectivity index (χ0n) is 11.9. The van der Waals surface area contributed by atoms with Crippen molar-refractivity contribution in [3.05, 3.63) is 46.8 Å². The van der Waals surface area contributed by atoms with E-state index >= 15 is 0 Å². The van der Waals surface area contributed by atoms with Gasteiger partial charge in [0.1, 0.15) is 24.7 Å². The van der Waals surface area contributed by atoms with E-state index in [1.165, 1.54) is 0 Å². The monoisotopic (exact) mass is 277 g/mol. The van der Waals surface area contributed by atoms with Crippen LogP contribution in [0.1, 0.15) is 35.6 Å². The summed E-state index contributed by atoms with van der Waals surface area (Å²) in [7, 11) is 1.60. The fraction of sp³-hybridized carbons (Fsp3) is 0.400. The van der Waals surface area contributed by atoms with Crippen LogP contribution < -0.4 is 4.74 Å². The second-order valence-electron chi connectivity index (χ2n) is 4.72. The van der Waals surface area contributed by atoms with Crippen molar-refractivity contribution in [3.63, 3.8) is 0 Å². The summed E-state index contributed by atoms with van der Waals surface area (Å²) < 4.78 is 15.8. The number of rotatable bonds is 6. The molecule has 0 saturated heterocycles. The fourth-order valence-corrected chi connectivity index (χ4v) is 1.90. The SMILES string of the molecule is COCc1cc(COc2cc(C)ccc2[C@@H](C)O)no1. The summed E-state index contributed by atoms with van der Waals surface area (Å²) in [5.74, 6) is 1.32. The molecule has 5 heteroatoms. The molecule has 1 atom stereocenters. The van der Waals surface area contributed by atoms with Crippen LogP contribution in [0.3, 0.4) is 0 Å². The van der Waals surface area contributed by atoms with Gasteiger partial charge in [-0.3, -0.25) is 0 Å². The summed E-state index contributed by atoms with van der Waals surface area (Å²) in [6, 6.07) is 7.51. The number of benzene rings is 1. The molecule has 0 aliphatic heterocycles. The second kappa shape index (κ2) is 6.54. The Morgan fingerprint density at radius 1 is 1.30 bits per heavy atom.